The van der Waals surface area contributed by atoms with Crippen LogP contribution < -0.4 is 10.6 Å². The number of allylic oxidation sites excluding steroid dienone is 2. The Hall–Kier alpha value is -2.76. The molecule has 2 aliphatic carbocycles. The largest absolute Gasteiger partial charge is 0.356 e. The van der Waals surface area contributed by atoms with Crippen molar-refractivity contribution in [1.82, 2.24) is 30.1 Å². The molecule has 2 fully saturated rings. The van der Waals surface area contributed by atoms with Crippen molar-refractivity contribution in [3.8, 4) is 5.82 Å². The average Bonchev–Trinajstić information content (AvgIpc) is 3.60. The van der Waals surface area contributed by atoms with Crippen LogP contribution in [0.25, 0.3) is 5.82 Å². The van der Waals surface area contributed by atoms with Crippen molar-refractivity contribution in [1.29, 1.82) is 0 Å². The molecule has 1 saturated heterocycles. The molecule has 0 spiro atoms. The van der Waals surface area contributed by atoms with Crippen LogP contribution in [0, 0.1) is 23.7 Å². The number of guanidine groups is 1. The van der Waals surface area contributed by atoms with E-state index in [1.165, 1.54) is 4.90 Å². The van der Waals surface area contributed by atoms with Gasteiger partial charge in [-0.15, -0.1) is 24.0 Å². The molecule has 2 aromatic rings. The number of aliphatic imine (C=N–C) groups is 1. The van der Waals surface area contributed by atoms with Gasteiger partial charge >= 0.3 is 0 Å². The van der Waals surface area contributed by atoms with Crippen molar-refractivity contribution >= 4 is 41.8 Å². The van der Waals surface area contributed by atoms with Crippen LogP contribution in [0.3, 0.4) is 0 Å². The lowest BCUT2D eigenvalue weighted by Crippen LogP contribution is -2.39. The van der Waals surface area contributed by atoms with E-state index in [-0.39, 0.29) is 59.5 Å². The molecule has 4 atom stereocenters. The molecule has 174 valence electrons. The number of halogens is 1. The van der Waals surface area contributed by atoms with Crippen molar-refractivity contribution in [2.24, 2.45) is 28.7 Å². The van der Waals surface area contributed by atoms with E-state index in [2.05, 4.69) is 37.7 Å². The van der Waals surface area contributed by atoms with Crippen LogP contribution in [0.1, 0.15) is 18.4 Å². The average molecular weight is 561 g/mol. The Balaban J connectivity index is 0.00000259. The number of aromatic nitrogens is 3. The van der Waals surface area contributed by atoms with E-state index in [1.807, 2.05) is 22.9 Å². The predicted molar refractivity (Wildman–Crippen MR) is 134 cm³/mol. The fourth-order valence-electron chi connectivity index (χ4n) is 5.14. The van der Waals surface area contributed by atoms with Crippen molar-refractivity contribution in [3.05, 3.63) is 54.8 Å². The lowest BCUT2D eigenvalue weighted by Gasteiger charge is -2.18. The summed E-state index contributed by atoms with van der Waals surface area (Å²) in [5, 5.41) is 6.55. The molecule has 0 radical (unpaired) electrons. The van der Waals surface area contributed by atoms with Gasteiger partial charge in [-0.25, -0.2) is 9.97 Å². The standard InChI is InChI=1S/C23H27N7O2.HI/c1-24-23(28-13-15-5-7-26-18(11-15)29-10-8-25-14-29)27-6-2-9-30-21(31)19-16-3-4-17(12-16)20(19)22(30)32;/h3-5,7-8,10-11,14,16-17,19-20H,2,6,9,12-13H2,1H3,(H2,24,27,28);1H. The van der Waals surface area contributed by atoms with Crippen molar-refractivity contribution in [3.63, 3.8) is 0 Å². The maximum Gasteiger partial charge on any atom is 0.233 e. The van der Waals surface area contributed by atoms with E-state index in [0.717, 1.165) is 17.8 Å². The minimum atomic E-state index is -0.118. The summed E-state index contributed by atoms with van der Waals surface area (Å²) in [6, 6.07) is 3.94. The highest BCUT2D eigenvalue weighted by Gasteiger charge is 2.58. The van der Waals surface area contributed by atoms with Gasteiger partial charge in [-0.1, -0.05) is 12.2 Å². The van der Waals surface area contributed by atoms with Gasteiger partial charge in [-0.05, 0) is 42.4 Å². The molecular weight excluding hydrogens is 533 g/mol. The Morgan fingerprint density at radius 1 is 1.15 bits per heavy atom. The minimum absolute atomic E-state index is 0. The molecule has 4 unspecified atom stereocenters. The summed E-state index contributed by atoms with van der Waals surface area (Å²) in [6.45, 7) is 1.66. The topological polar surface area (TPSA) is 105 Å². The Morgan fingerprint density at radius 2 is 1.91 bits per heavy atom. The quantitative estimate of drug-likeness (QED) is 0.133. The van der Waals surface area contributed by atoms with E-state index in [0.29, 0.717) is 32.0 Å². The second-order valence-electron chi connectivity index (χ2n) is 8.53. The van der Waals surface area contributed by atoms with Crippen molar-refractivity contribution in [2.45, 2.75) is 19.4 Å². The molecule has 0 aromatic carbocycles. The lowest BCUT2D eigenvalue weighted by molar-refractivity contribution is -0.140. The smallest absolute Gasteiger partial charge is 0.233 e. The summed E-state index contributed by atoms with van der Waals surface area (Å²) in [5.41, 5.74) is 1.06. The molecule has 1 aliphatic heterocycles. The number of fused-ring (bicyclic) bond motifs is 5. The van der Waals surface area contributed by atoms with Gasteiger partial charge in [-0.3, -0.25) is 24.0 Å². The molecule has 1 saturated carbocycles. The number of nitrogens with one attached hydrogen (secondary N) is 2. The first kappa shape index (κ1) is 23.4. The number of hydrogen-bond donors (Lipinski definition) is 2. The zero-order valence-corrected chi connectivity index (χ0v) is 20.8. The third kappa shape index (κ3) is 4.53. The summed E-state index contributed by atoms with van der Waals surface area (Å²) in [4.78, 5) is 39.6. The molecule has 3 heterocycles. The number of hydrogen-bond acceptors (Lipinski definition) is 5. The SMILES string of the molecule is CN=C(NCCCN1C(=O)C2C3C=CC(C3)C2C1=O)NCc1ccnc(-n2ccnc2)c1.I. The Labute approximate surface area is 209 Å². The van der Waals surface area contributed by atoms with E-state index in [9.17, 15) is 9.59 Å². The Bertz CT molecular complexity index is 1040. The number of rotatable bonds is 7. The predicted octanol–water partition coefficient (Wildman–Crippen LogP) is 1.75. The van der Waals surface area contributed by atoms with Crippen LogP contribution in [-0.2, 0) is 16.1 Å². The molecule has 9 nitrogen and oxygen atoms in total. The number of amides is 2. The first-order valence-electron chi connectivity index (χ1n) is 11.1. The third-order valence-corrected chi connectivity index (χ3v) is 6.67. The van der Waals surface area contributed by atoms with Crippen molar-refractivity contribution < 1.29 is 9.59 Å². The molecule has 2 aromatic heterocycles. The number of carbonyl (C=O) groups is 2. The van der Waals surface area contributed by atoms with Crippen LogP contribution in [0.2, 0.25) is 0 Å². The molecule has 33 heavy (non-hydrogen) atoms. The molecule has 2 bridgehead atoms. The minimum Gasteiger partial charge on any atom is -0.356 e. The highest BCUT2D eigenvalue weighted by Crippen LogP contribution is 2.52. The fraction of sp³-hybridized carbons (Fsp3) is 0.435. The van der Waals surface area contributed by atoms with Gasteiger partial charge in [0.25, 0.3) is 0 Å². The van der Waals surface area contributed by atoms with Crippen molar-refractivity contribution in [2.75, 3.05) is 20.1 Å². The summed E-state index contributed by atoms with van der Waals surface area (Å²) in [5.74, 6) is 1.80. The van der Waals surface area contributed by atoms with Crippen LogP contribution in [0.15, 0.2) is 54.2 Å². The highest BCUT2D eigenvalue weighted by atomic mass is 127. The van der Waals surface area contributed by atoms with Crippen LogP contribution in [0.5, 0.6) is 0 Å². The summed E-state index contributed by atoms with van der Waals surface area (Å²) < 4.78 is 1.85. The lowest BCUT2D eigenvalue weighted by atomic mass is 9.85. The maximum atomic E-state index is 12.7. The first-order valence-corrected chi connectivity index (χ1v) is 11.1. The Kier molecular flexibility index (Phi) is 7.11. The number of imide groups is 1. The molecule has 10 heteroatoms. The van der Waals surface area contributed by atoms with Gasteiger partial charge in [0.1, 0.15) is 12.1 Å². The third-order valence-electron chi connectivity index (χ3n) is 6.67. The second-order valence-corrected chi connectivity index (χ2v) is 8.53. The van der Waals surface area contributed by atoms with E-state index < -0.39 is 0 Å². The molecule has 3 aliphatic rings. The molecular formula is C23H28IN7O2. The van der Waals surface area contributed by atoms with E-state index in [1.54, 1.807) is 25.8 Å². The zero-order chi connectivity index (χ0) is 22.1. The van der Waals surface area contributed by atoms with Crippen LogP contribution in [-0.4, -0.2) is 57.3 Å². The number of pyridine rings is 1. The zero-order valence-electron chi connectivity index (χ0n) is 18.4. The van der Waals surface area contributed by atoms with Gasteiger partial charge in [0.05, 0.1) is 11.8 Å². The fourth-order valence-corrected chi connectivity index (χ4v) is 5.14. The van der Waals surface area contributed by atoms with Gasteiger partial charge in [0.15, 0.2) is 5.96 Å². The summed E-state index contributed by atoms with van der Waals surface area (Å²) >= 11 is 0. The van der Waals surface area contributed by atoms with E-state index >= 15 is 0 Å². The number of likely N-dealkylation sites (tertiary alicyclic amines) is 1. The van der Waals surface area contributed by atoms with Gasteiger partial charge in [0, 0.05) is 45.3 Å². The summed E-state index contributed by atoms with van der Waals surface area (Å²) in [6.07, 6.45) is 12.9. The maximum absolute atomic E-state index is 12.7. The van der Waals surface area contributed by atoms with Crippen LogP contribution >= 0.6 is 24.0 Å². The number of nitrogens with zero attached hydrogens (tertiary/aromatic N) is 5. The Morgan fingerprint density at radius 3 is 2.58 bits per heavy atom. The molecule has 5 rings (SSSR count). The van der Waals surface area contributed by atoms with Crippen LogP contribution in [0.4, 0.5) is 0 Å². The molecule has 2 N–H and O–H groups in total. The number of imidazole rings is 1. The molecule has 2 amide bonds. The van der Waals surface area contributed by atoms with Gasteiger partial charge < -0.3 is 10.6 Å². The first-order chi connectivity index (χ1) is 15.7. The highest BCUT2D eigenvalue weighted by molar-refractivity contribution is 14.0. The van der Waals surface area contributed by atoms with Gasteiger partial charge in [0.2, 0.25) is 11.8 Å². The summed E-state index contributed by atoms with van der Waals surface area (Å²) in [7, 11) is 1.72. The monoisotopic (exact) mass is 561 g/mol. The normalized spacial score (nSPS) is 25.4. The van der Waals surface area contributed by atoms with E-state index in [4.69, 9.17) is 0 Å². The number of carbonyl (C=O) groups excluding carboxylic acids is 2. The van der Waals surface area contributed by atoms with Gasteiger partial charge in [-0.2, -0.15) is 0 Å². The second kappa shape index (κ2) is 10.0.